The number of allylic oxidation sites excluding steroid dienone is 4. The van der Waals surface area contributed by atoms with Crippen molar-refractivity contribution in [1.82, 2.24) is 10.3 Å². The second kappa shape index (κ2) is 10.2. The molecule has 0 aliphatic heterocycles. The van der Waals surface area contributed by atoms with Crippen LogP contribution in [0, 0.1) is 5.92 Å². The van der Waals surface area contributed by atoms with Crippen LogP contribution in [0.5, 0.6) is 5.75 Å². The van der Waals surface area contributed by atoms with E-state index < -0.39 is 0 Å². The standard InChI is InChI=1S/C25H24ClN3O3S/c1-15-5-3-8-20(26)19(15)13-22(30)17-9-10-21-23(12-17)33-25(28-21)29-24(31)27-14-16-6-4-7-18(11-16)32-2/h3-12,19-20H,13-14H2,1-2H3,(H2,27,28,29,31). The number of alkyl halides is 1. The Morgan fingerprint density at radius 1 is 1.21 bits per heavy atom. The molecule has 0 saturated carbocycles. The maximum atomic E-state index is 12.9. The number of halogens is 1. The molecule has 2 unspecified atom stereocenters. The molecular weight excluding hydrogens is 458 g/mol. The van der Waals surface area contributed by atoms with Gasteiger partial charge in [-0.25, -0.2) is 9.78 Å². The average molecular weight is 482 g/mol. The molecule has 0 spiro atoms. The number of hydrogen-bond donors (Lipinski definition) is 2. The molecule has 6 nitrogen and oxygen atoms in total. The third-order valence-corrected chi connectivity index (χ3v) is 6.93. The molecule has 0 fully saturated rings. The molecule has 1 heterocycles. The van der Waals surface area contributed by atoms with Crippen LogP contribution in [-0.2, 0) is 6.54 Å². The van der Waals surface area contributed by atoms with Gasteiger partial charge in [-0.05, 0) is 42.8 Å². The number of Topliss-reactive ketones (excluding diaryl/α,β-unsaturated/α-hetero) is 1. The summed E-state index contributed by atoms with van der Waals surface area (Å²) < 4.78 is 6.03. The number of amides is 2. The lowest BCUT2D eigenvalue weighted by Gasteiger charge is -2.22. The first-order chi connectivity index (χ1) is 15.9. The lowest BCUT2D eigenvalue weighted by Crippen LogP contribution is -2.28. The van der Waals surface area contributed by atoms with Crippen LogP contribution in [0.15, 0.2) is 66.3 Å². The predicted octanol–water partition coefficient (Wildman–Crippen LogP) is 5.94. The van der Waals surface area contributed by atoms with Gasteiger partial charge in [0.15, 0.2) is 10.9 Å². The fraction of sp³-hybridized carbons (Fsp3) is 0.240. The zero-order valence-electron chi connectivity index (χ0n) is 18.3. The van der Waals surface area contributed by atoms with E-state index in [2.05, 4.69) is 15.6 Å². The molecule has 0 radical (unpaired) electrons. The van der Waals surface area contributed by atoms with Crippen LogP contribution < -0.4 is 15.4 Å². The van der Waals surface area contributed by atoms with Crippen LogP contribution in [-0.4, -0.2) is 29.3 Å². The average Bonchev–Trinajstić information content (AvgIpc) is 3.21. The van der Waals surface area contributed by atoms with Crippen molar-refractivity contribution in [2.75, 3.05) is 12.4 Å². The number of anilines is 1. The summed E-state index contributed by atoms with van der Waals surface area (Å²) >= 11 is 7.72. The van der Waals surface area contributed by atoms with Crippen molar-refractivity contribution >= 4 is 50.1 Å². The van der Waals surface area contributed by atoms with E-state index in [9.17, 15) is 9.59 Å². The predicted molar refractivity (Wildman–Crippen MR) is 133 cm³/mol. The van der Waals surface area contributed by atoms with Gasteiger partial charge in [-0.3, -0.25) is 10.1 Å². The van der Waals surface area contributed by atoms with Crippen molar-refractivity contribution in [3.8, 4) is 5.75 Å². The summed E-state index contributed by atoms with van der Waals surface area (Å²) in [5.74, 6) is 0.764. The monoisotopic (exact) mass is 481 g/mol. The van der Waals surface area contributed by atoms with E-state index in [4.69, 9.17) is 16.3 Å². The number of carbonyl (C=O) groups excluding carboxylic acids is 2. The van der Waals surface area contributed by atoms with Crippen molar-refractivity contribution in [2.24, 2.45) is 5.92 Å². The second-order valence-electron chi connectivity index (χ2n) is 7.83. The summed E-state index contributed by atoms with van der Waals surface area (Å²) in [5, 5.41) is 5.86. The number of carbonyl (C=O) groups is 2. The lowest BCUT2D eigenvalue weighted by atomic mass is 9.86. The van der Waals surface area contributed by atoms with Gasteiger partial charge >= 0.3 is 6.03 Å². The third-order valence-electron chi connectivity index (χ3n) is 5.55. The Morgan fingerprint density at radius 3 is 2.85 bits per heavy atom. The van der Waals surface area contributed by atoms with E-state index in [0.29, 0.717) is 23.7 Å². The molecule has 33 heavy (non-hydrogen) atoms. The maximum absolute atomic E-state index is 12.9. The molecule has 2 amide bonds. The van der Waals surface area contributed by atoms with E-state index in [1.54, 1.807) is 19.2 Å². The van der Waals surface area contributed by atoms with Gasteiger partial charge < -0.3 is 10.1 Å². The smallest absolute Gasteiger partial charge is 0.321 e. The van der Waals surface area contributed by atoms with Crippen LogP contribution in [0.2, 0.25) is 0 Å². The van der Waals surface area contributed by atoms with Crippen molar-refractivity contribution in [3.63, 3.8) is 0 Å². The van der Waals surface area contributed by atoms with Crippen molar-refractivity contribution in [1.29, 1.82) is 0 Å². The Bertz CT molecular complexity index is 1250. The van der Waals surface area contributed by atoms with Crippen LogP contribution in [0.3, 0.4) is 0 Å². The van der Waals surface area contributed by atoms with Crippen LogP contribution >= 0.6 is 22.9 Å². The van der Waals surface area contributed by atoms with Gasteiger partial charge in [-0.1, -0.05) is 47.3 Å². The lowest BCUT2D eigenvalue weighted by molar-refractivity contribution is 0.0968. The minimum absolute atomic E-state index is 0.00756. The molecule has 170 valence electrons. The van der Waals surface area contributed by atoms with Gasteiger partial charge in [0.1, 0.15) is 5.75 Å². The SMILES string of the molecule is COc1cccc(CNC(=O)Nc2nc3ccc(C(=O)CC4C(C)=CC=CC4Cl)cc3s2)c1. The van der Waals surface area contributed by atoms with E-state index in [-0.39, 0.29) is 23.1 Å². The molecule has 1 aliphatic carbocycles. The number of aromatic nitrogens is 1. The third kappa shape index (κ3) is 5.61. The van der Waals surface area contributed by atoms with Gasteiger partial charge in [-0.15, -0.1) is 11.6 Å². The molecule has 2 atom stereocenters. The first-order valence-electron chi connectivity index (χ1n) is 10.5. The molecule has 1 aromatic heterocycles. The number of methoxy groups -OCH3 is 1. The molecule has 2 aromatic carbocycles. The Balaban J connectivity index is 1.39. The van der Waals surface area contributed by atoms with E-state index in [0.717, 1.165) is 27.1 Å². The van der Waals surface area contributed by atoms with Gasteiger partial charge in [0.25, 0.3) is 0 Å². The molecule has 8 heteroatoms. The molecule has 3 aromatic rings. The first kappa shape index (κ1) is 23.0. The number of fused-ring (bicyclic) bond motifs is 1. The number of hydrogen-bond acceptors (Lipinski definition) is 5. The molecular formula is C25H24ClN3O3S. The van der Waals surface area contributed by atoms with Crippen LogP contribution in [0.1, 0.15) is 29.3 Å². The highest BCUT2D eigenvalue weighted by Gasteiger charge is 2.24. The Morgan fingerprint density at radius 2 is 2.06 bits per heavy atom. The maximum Gasteiger partial charge on any atom is 0.321 e. The molecule has 0 saturated heterocycles. The highest BCUT2D eigenvalue weighted by Crippen LogP contribution is 2.31. The zero-order valence-corrected chi connectivity index (χ0v) is 19.9. The Kier molecular flexibility index (Phi) is 7.11. The fourth-order valence-corrected chi connectivity index (χ4v) is 4.94. The number of thiazole rings is 1. The highest BCUT2D eigenvalue weighted by molar-refractivity contribution is 7.22. The zero-order chi connectivity index (χ0) is 23.4. The Labute approximate surface area is 201 Å². The van der Waals surface area contributed by atoms with Crippen molar-refractivity contribution in [3.05, 3.63) is 77.4 Å². The van der Waals surface area contributed by atoms with Crippen molar-refractivity contribution < 1.29 is 14.3 Å². The number of ketones is 1. The normalized spacial score (nSPS) is 17.5. The largest absolute Gasteiger partial charge is 0.497 e. The summed E-state index contributed by atoms with van der Waals surface area (Å²) in [5.41, 5.74) is 3.38. The van der Waals surface area contributed by atoms with Crippen LogP contribution in [0.25, 0.3) is 10.2 Å². The van der Waals surface area contributed by atoms with Crippen molar-refractivity contribution in [2.45, 2.75) is 25.3 Å². The summed E-state index contributed by atoms with van der Waals surface area (Å²) in [6.07, 6.45) is 6.19. The summed E-state index contributed by atoms with van der Waals surface area (Å²) in [4.78, 5) is 29.6. The molecule has 1 aliphatic rings. The highest BCUT2D eigenvalue weighted by atomic mass is 35.5. The van der Waals surface area contributed by atoms with E-state index in [1.165, 1.54) is 11.3 Å². The van der Waals surface area contributed by atoms with Gasteiger partial charge in [0.05, 0.1) is 22.7 Å². The molecule has 2 N–H and O–H groups in total. The summed E-state index contributed by atoms with van der Waals surface area (Å²) in [7, 11) is 1.60. The number of benzene rings is 2. The van der Waals surface area contributed by atoms with E-state index in [1.807, 2.05) is 55.5 Å². The summed E-state index contributed by atoms with van der Waals surface area (Å²) in [6.45, 7) is 2.36. The fourth-order valence-electron chi connectivity index (χ4n) is 3.67. The number of nitrogens with one attached hydrogen (secondary N) is 2. The van der Waals surface area contributed by atoms with Crippen LogP contribution in [0.4, 0.5) is 9.93 Å². The number of ether oxygens (including phenoxy) is 1. The number of nitrogens with zero attached hydrogens (tertiary/aromatic N) is 1. The quantitative estimate of drug-likeness (QED) is 0.323. The number of rotatable bonds is 7. The second-order valence-corrected chi connectivity index (χ2v) is 9.37. The topological polar surface area (TPSA) is 80.3 Å². The minimum Gasteiger partial charge on any atom is -0.497 e. The molecule has 4 rings (SSSR count). The van der Waals surface area contributed by atoms with Gasteiger partial charge in [0, 0.05) is 24.4 Å². The summed E-state index contributed by atoms with van der Waals surface area (Å²) in [6, 6.07) is 12.6. The van der Waals surface area contributed by atoms with Gasteiger partial charge in [-0.2, -0.15) is 0 Å². The molecule has 0 bridgehead atoms. The van der Waals surface area contributed by atoms with E-state index >= 15 is 0 Å². The number of urea groups is 1. The van der Waals surface area contributed by atoms with Gasteiger partial charge in [0.2, 0.25) is 0 Å². The Hall–Kier alpha value is -3.16. The first-order valence-corrected chi connectivity index (χ1v) is 11.8. The minimum atomic E-state index is -0.353.